The molecule has 0 aliphatic carbocycles. The van der Waals surface area contributed by atoms with Crippen LogP contribution in [-0.2, 0) is 9.59 Å². The highest BCUT2D eigenvalue weighted by atomic mass is 16.2. The molecule has 172 valence electrons. The summed E-state index contributed by atoms with van der Waals surface area (Å²) in [5.41, 5.74) is 8.12. The van der Waals surface area contributed by atoms with Crippen LogP contribution in [0.3, 0.4) is 0 Å². The van der Waals surface area contributed by atoms with Crippen molar-refractivity contribution < 1.29 is 9.59 Å². The number of benzene rings is 1. The third-order valence-electron chi connectivity index (χ3n) is 7.16. The number of H-pyrrole nitrogens is 1. The number of nitrogens with two attached hydrogens (primary N) is 1. The summed E-state index contributed by atoms with van der Waals surface area (Å²) in [6.45, 7) is 3.65. The van der Waals surface area contributed by atoms with Crippen molar-refractivity contribution in [1.82, 2.24) is 35.3 Å². The summed E-state index contributed by atoms with van der Waals surface area (Å²) in [6.07, 6.45) is 2.27. The molecule has 0 spiro atoms. The lowest BCUT2D eigenvalue weighted by Gasteiger charge is -2.38. The van der Waals surface area contributed by atoms with Gasteiger partial charge in [0.25, 0.3) is 0 Å². The Morgan fingerprint density at radius 3 is 2.82 bits per heavy atom. The van der Waals surface area contributed by atoms with Crippen LogP contribution in [-0.4, -0.2) is 90.9 Å². The molecule has 3 saturated heterocycles. The summed E-state index contributed by atoms with van der Waals surface area (Å²) in [5.74, 6) is 0.417. The third-order valence-corrected chi connectivity index (χ3v) is 7.16. The number of carbonyl (C=O) groups excluding carboxylic acids is 2. The molecule has 0 radical (unpaired) electrons. The molecular formula is C22H27N9O2. The maximum absolute atomic E-state index is 13.2. The van der Waals surface area contributed by atoms with Crippen LogP contribution in [0.2, 0.25) is 0 Å². The first-order chi connectivity index (χ1) is 16.0. The topological polar surface area (TPSA) is 148 Å². The minimum absolute atomic E-state index is 0.0646. The number of fused-ring (bicyclic) bond motifs is 2. The molecule has 3 fully saturated rings. The van der Waals surface area contributed by atoms with E-state index in [9.17, 15) is 14.9 Å². The quantitative estimate of drug-likeness (QED) is 0.629. The molecule has 2 bridgehead atoms. The number of likely N-dealkylation sites (tertiary alicyclic amines) is 3. The van der Waals surface area contributed by atoms with Crippen molar-refractivity contribution in [2.75, 3.05) is 19.6 Å². The number of rotatable bonds is 6. The maximum Gasteiger partial charge on any atom is 0.241 e. The van der Waals surface area contributed by atoms with Gasteiger partial charge in [0, 0.05) is 31.2 Å². The minimum atomic E-state index is -0.727. The lowest BCUT2D eigenvalue weighted by atomic mass is 10.0. The van der Waals surface area contributed by atoms with Crippen molar-refractivity contribution in [1.29, 1.82) is 5.26 Å². The van der Waals surface area contributed by atoms with Crippen LogP contribution in [0.5, 0.6) is 0 Å². The number of tetrazole rings is 1. The van der Waals surface area contributed by atoms with E-state index < -0.39 is 6.04 Å². The third kappa shape index (κ3) is 3.75. The fourth-order valence-corrected chi connectivity index (χ4v) is 5.46. The predicted octanol–water partition coefficient (Wildman–Crippen LogP) is 0.0547. The Hall–Kier alpha value is -3.36. The number of piperazine rings is 1. The first kappa shape index (κ1) is 21.5. The summed E-state index contributed by atoms with van der Waals surface area (Å²) >= 11 is 0. The minimum Gasteiger partial charge on any atom is -0.330 e. The Labute approximate surface area is 191 Å². The highest BCUT2D eigenvalue weighted by Crippen LogP contribution is 2.38. The van der Waals surface area contributed by atoms with Crippen LogP contribution in [0.25, 0.3) is 11.4 Å². The molecular weight excluding hydrogens is 422 g/mol. The number of hydrogen-bond donors (Lipinski definition) is 2. The van der Waals surface area contributed by atoms with Gasteiger partial charge in [-0.2, -0.15) is 10.5 Å². The number of nitrogens with one attached hydrogen (secondary N) is 1. The van der Waals surface area contributed by atoms with Gasteiger partial charge in [-0.05, 0) is 37.0 Å². The van der Waals surface area contributed by atoms with E-state index in [0.29, 0.717) is 31.9 Å². The van der Waals surface area contributed by atoms with Crippen LogP contribution >= 0.6 is 0 Å². The summed E-state index contributed by atoms with van der Waals surface area (Å²) in [6, 6.07) is 8.69. The van der Waals surface area contributed by atoms with Gasteiger partial charge in [-0.15, -0.1) is 10.2 Å². The molecule has 0 saturated carbocycles. The molecule has 5 atom stereocenters. The standard InChI is InChI=1S/C22H27N9O2/c1-13(14-4-6-15(7-5-14)20-25-27-28-26-20)31-17-9-19(22(31)33)29(11-17)12-18(24)21(32)30-8-2-3-16(30)10-23/h4-7,13,16-19H,2-3,8-9,11-12,24H2,1H3,(H,25,26,27,28)/t13-,16+,17?,18+,19+/m1/s1. The molecule has 4 heterocycles. The molecule has 5 rings (SSSR count). The smallest absolute Gasteiger partial charge is 0.241 e. The van der Waals surface area contributed by atoms with Crippen LogP contribution in [0.4, 0.5) is 0 Å². The molecule has 3 aliphatic heterocycles. The number of amides is 2. The van der Waals surface area contributed by atoms with Crippen LogP contribution in [0, 0.1) is 11.3 Å². The van der Waals surface area contributed by atoms with Gasteiger partial charge in [-0.1, -0.05) is 24.3 Å². The Bertz CT molecular complexity index is 1060. The maximum atomic E-state index is 13.2. The number of aromatic amines is 1. The van der Waals surface area contributed by atoms with Crippen LogP contribution in [0.15, 0.2) is 24.3 Å². The average Bonchev–Trinajstić information content (AvgIpc) is 3.62. The van der Waals surface area contributed by atoms with Crippen molar-refractivity contribution in [3.63, 3.8) is 0 Å². The SMILES string of the molecule is C[C@H](c1ccc(-c2nn[nH]n2)cc1)N1C(=O)[C@@H]2CC1CN2C[C@H](N)C(=O)N1CCC[C@H]1C#N. The molecule has 11 nitrogen and oxygen atoms in total. The van der Waals surface area contributed by atoms with Gasteiger partial charge in [0.15, 0.2) is 0 Å². The second-order valence-corrected chi connectivity index (χ2v) is 9.06. The summed E-state index contributed by atoms with van der Waals surface area (Å²) in [4.78, 5) is 31.6. The molecule has 1 aromatic heterocycles. The highest BCUT2D eigenvalue weighted by molar-refractivity contribution is 5.87. The Balaban J connectivity index is 1.22. The van der Waals surface area contributed by atoms with Gasteiger partial charge in [0.05, 0.1) is 24.2 Å². The zero-order valence-corrected chi connectivity index (χ0v) is 18.5. The van der Waals surface area contributed by atoms with Gasteiger partial charge in [-0.25, -0.2) is 0 Å². The van der Waals surface area contributed by atoms with E-state index in [0.717, 1.165) is 24.0 Å². The van der Waals surface area contributed by atoms with Gasteiger partial charge in [0.1, 0.15) is 6.04 Å². The number of hydrogen-bond acceptors (Lipinski definition) is 8. The van der Waals surface area contributed by atoms with Crippen molar-refractivity contribution in [3.05, 3.63) is 29.8 Å². The first-order valence-electron chi connectivity index (χ1n) is 11.3. The van der Waals surface area contributed by atoms with E-state index in [1.165, 1.54) is 0 Å². The fraction of sp³-hybridized carbons (Fsp3) is 0.545. The van der Waals surface area contributed by atoms with E-state index in [-0.39, 0.29) is 36.0 Å². The van der Waals surface area contributed by atoms with Crippen molar-refractivity contribution in [2.45, 2.75) is 56.4 Å². The normalized spacial score (nSPS) is 26.6. The van der Waals surface area contributed by atoms with Crippen molar-refractivity contribution in [3.8, 4) is 17.5 Å². The first-order valence-corrected chi connectivity index (χ1v) is 11.3. The van der Waals surface area contributed by atoms with E-state index in [2.05, 4.69) is 26.7 Å². The van der Waals surface area contributed by atoms with Crippen LogP contribution < -0.4 is 5.73 Å². The largest absolute Gasteiger partial charge is 0.330 e. The number of carbonyl (C=O) groups is 2. The van der Waals surface area contributed by atoms with E-state index in [1.807, 2.05) is 41.0 Å². The second-order valence-electron chi connectivity index (χ2n) is 9.06. The van der Waals surface area contributed by atoms with Gasteiger partial charge in [0.2, 0.25) is 17.6 Å². The zero-order chi connectivity index (χ0) is 23.1. The van der Waals surface area contributed by atoms with Gasteiger partial charge >= 0.3 is 0 Å². The fourth-order valence-electron chi connectivity index (χ4n) is 5.46. The molecule has 3 aliphatic rings. The molecule has 2 aromatic rings. The molecule has 1 aromatic carbocycles. The predicted molar refractivity (Wildman–Crippen MR) is 117 cm³/mol. The number of nitrogens with zero attached hydrogens (tertiary/aromatic N) is 7. The van der Waals surface area contributed by atoms with E-state index in [1.54, 1.807) is 4.90 Å². The highest BCUT2D eigenvalue weighted by Gasteiger charge is 2.51. The Morgan fingerprint density at radius 2 is 2.15 bits per heavy atom. The lowest BCUT2D eigenvalue weighted by Crippen LogP contribution is -2.56. The summed E-state index contributed by atoms with van der Waals surface area (Å²) in [5, 5.41) is 23.3. The average molecular weight is 450 g/mol. The number of aromatic nitrogens is 4. The van der Waals surface area contributed by atoms with Gasteiger partial charge < -0.3 is 15.5 Å². The van der Waals surface area contributed by atoms with Crippen molar-refractivity contribution >= 4 is 11.8 Å². The van der Waals surface area contributed by atoms with Crippen LogP contribution in [0.1, 0.15) is 37.8 Å². The zero-order valence-electron chi connectivity index (χ0n) is 18.5. The second kappa shape index (κ2) is 8.53. The Kier molecular flexibility index (Phi) is 5.55. The molecule has 1 unspecified atom stereocenters. The van der Waals surface area contributed by atoms with E-state index >= 15 is 0 Å². The number of nitriles is 1. The Morgan fingerprint density at radius 1 is 1.36 bits per heavy atom. The molecule has 33 heavy (non-hydrogen) atoms. The summed E-state index contributed by atoms with van der Waals surface area (Å²) in [7, 11) is 0. The molecule has 11 heteroatoms. The molecule has 2 amide bonds. The van der Waals surface area contributed by atoms with E-state index in [4.69, 9.17) is 5.73 Å². The monoisotopic (exact) mass is 449 g/mol. The summed E-state index contributed by atoms with van der Waals surface area (Å²) < 4.78 is 0. The van der Waals surface area contributed by atoms with Crippen molar-refractivity contribution in [2.24, 2.45) is 5.73 Å². The van der Waals surface area contributed by atoms with Gasteiger partial charge in [-0.3, -0.25) is 14.5 Å². The lowest BCUT2D eigenvalue weighted by molar-refractivity contribution is -0.140. The molecule has 3 N–H and O–H groups in total.